The zero-order chi connectivity index (χ0) is 19.7. The quantitative estimate of drug-likeness (QED) is 0.748. The molecule has 0 radical (unpaired) electrons. The first-order valence-corrected chi connectivity index (χ1v) is 9.73. The van der Waals surface area contributed by atoms with Crippen molar-refractivity contribution in [2.75, 3.05) is 26.2 Å². The minimum absolute atomic E-state index is 0.0537. The van der Waals surface area contributed by atoms with Gasteiger partial charge in [0.15, 0.2) is 0 Å². The smallest absolute Gasteiger partial charge is 0.325 e. The van der Waals surface area contributed by atoms with Gasteiger partial charge in [0.2, 0.25) is 5.91 Å². The Morgan fingerprint density at radius 3 is 2.57 bits per heavy atom. The predicted octanol–water partition coefficient (Wildman–Crippen LogP) is 0.812. The highest BCUT2D eigenvalue weighted by Crippen LogP contribution is 2.42. The van der Waals surface area contributed by atoms with Crippen molar-refractivity contribution in [2.24, 2.45) is 0 Å². The summed E-state index contributed by atoms with van der Waals surface area (Å²) in [7, 11) is 0. The summed E-state index contributed by atoms with van der Waals surface area (Å²) >= 11 is 0. The Kier molecular flexibility index (Phi) is 5.07. The molecular weight excluding hydrogens is 362 g/mol. The molecule has 0 saturated carbocycles. The standard InChI is InChI=1S/C20H25N3O5/c24-15-10-16(14-4-2-1-3-5-14)28-20(11-15)6-8-22(9-7-20)18(26)13-23-17(25)12-21-19(23)27/h1-5,15-16,24H,6-13H2,(H,21,27)/t15-,16-/m1/s1. The van der Waals surface area contributed by atoms with Gasteiger partial charge in [-0.15, -0.1) is 0 Å². The SMILES string of the molecule is O=C(CN1C(=O)CNC1=O)N1CCC2(CC1)C[C@H](O)C[C@H](c1ccccc1)O2. The van der Waals surface area contributed by atoms with Gasteiger partial charge in [-0.2, -0.15) is 0 Å². The molecule has 3 aliphatic heterocycles. The van der Waals surface area contributed by atoms with Gasteiger partial charge in [-0.05, 0) is 18.4 Å². The van der Waals surface area contributed by atoms with Crippen LogP contribution >= 0.6 is 0 Å². The van der Waals surface area contributed by atoms with Gasteiger partial charge in [0.25, 0.3) is 5.91 Å². The molecule has 3 saturated heterocycles. The summed E-state index contributed by atoms with van der Waals surface area (Å²) in [5.74, 6) is -0.618. The highest BCUT2D eigenvalue weighted by atomic mass is 16.5. The Morgan fingerprint density at radius 1 is 1.21 bits per heavy atom. The maximum absolute atomic E-state index is 12.5. The Morgan fingerprint density at radius 2 is 1.93 bits per heavy atom. The van der Waals surface area contributed by atoms with Gasteiger partial charge < -0.3 is 20.1 Å². The van der Waals surface area contributed by atoms with E-state index in [4.69, 9.17) is 4.74 Å². The first-order chi connectivity index (χ1) is 13.5. The zero-order valence-electron chi connectivity index (χ0n) is 15.7. The molecular formula is C20H25N3O5. The Balaban J connectivity index is 1.38. The van der Waals surface area contributed by atoms with Crippen LogP contribution in [-0.4, -0.2) is 70.6 Å². The van der Waals surface area contributed by atoms with Gasteiger partial charge >= 0.3 is 6.03 Å². The van der Waals surface area contributed by atoms with E-state index in [-0.39, 0.29) is 31.0 Å². The summed E-state index contributed by atoms with van der Waals surface area (Å²) in [5, 5.41) is 12.9. The topological polar surface area (TPSA) is 99.2 Å². The van der Waals surface area contributed by atoms with Gasteiger partial charge in [0, 0.05) is 25.9 Å². The lowest BCUT2D eigenvalue weighted by atomic mass is 9.81. The normalized spacial score (nSPS) is 27.2. The molecule has 28 heavy (non-hydrogen) atoms. The van der Waals surface area contributed by atoms with Crippen LogP contribution in [-0.2, 0) is 14.3 Å². The Labute approximate surface area is 163 Å². The fourth-order valence-corrected chi connectivity index (χ4v) is 4.37. The molecule has 2 atom stereocenters. The first kappa shape index (κ1) is 18.9. The van der Waals surface area contributed by atoms with E-state index in [1.54, 1.807) is 4.90 Å². The van der Waals surface area contributed by atoms with Crippen molar-refractivity contribution in [3.63, 3.8) is 0 Å². The minimum atomic E-state index is -0.517. The predicted molar refractivity (Wildman–Crippen MR) is 99.2 cm³/mol. The molecule has 0 bridgehead atoms. The van der Waals surface area contributed by atoms with Crippen LogP contribution in [0.2, 0.25) is 0 Å². The molecule has 0 aromatic heterocycles. The number of carbonyl (C=O) groups is 3. The van der Waals surface area contributed by atoms with Crippen molar-refractivity contribution in [1.29, 1.82) is 0 Å². The summed E-state index contributed by atoms with van der Waals surface area (Å²) in [4.78, 5) is 38.5. The van der Waals surface area contributed by atoms with Gasteiger partial charge in [0.05, 0.1) is 24.4 Å². The van der Waals surface area contributed by atoms with Crippen LogP contribution in [0.15, 0.2) is 30.3 Å². The van der Waals surface area contributed by atoms with Crippen molar-refractivity contribution >= 4 is 17.8 Å². The van der Waals surface area contributed by atoms with E-state index in [1.165, 1.54) is 0 Å². The van der Waals surface area contributed by atoms with E-state index < -0.39 is 17.7 Å². The molecule has 8 nitrogen and oxygen atoms in total. The molecule has 2 N–H and O–H groups in total. The van der Waals surface area contributed by atoms with Crippen molar-refractivity contribution in [3.8, 4) is 0 Å². The molecule has 1 aromatic rings. The van der Waals surface area contributed by atoms with E-state index in [2.05, 4.69) is 5.32 Å². The third kappa shape index (κ3) is 3.74. The number of hydrogen-bond acceptors (Lipinski definition) is 5. The number of imide groups is 1. The van der Waals surface area contributed by atoms with Crippen LogP contribution in [0.4, 0.5) is 4.79 Å². The van der Waals surface area contributed by atoms with Gasteiger partial charge in [-0.25, -0.2) is 4.79 Å². The summed E-state index contributed by atoms with van der Waals surface area (Å²) in [6, 6.07) is 9.37. The lowest BCUT2D eigenvalue weighted by Crippen LogP contribution is -2.53. The second-order valence-corrected chi connectivity index (χ2v) is 7.81. The van der Waals surface area contributed by atoms with Crippen LogP contribution in [0.3, 0.4) is 0 Å². The van der Waals surface area contributed by atoms with Crippen molar-refractivity contribution in [3.05, 3.63) is 35.9 Å². The van der Waals surface area contributed by atoms with Crippen LogP contribution in [0.1, 0.15) is 37.4 Å². The molecule has 3 aliphatic rings. The van der Waals surface area contributed by atoms with Gasteiger partial charge in [-0.3, -0.25) is 14.5 Å². The lowest BCUT2D eigenvalue weighted by molar-refractivity contribution is -0.186. The molecule has 0 aliphatic carbocycles. The number of benzene rings is 1. The summed E-state index contributed by atoms with van der Waals surface area (Å²) in [6.45, 7) is 0.684. The highest BCUT2D eigenvalue weighted by molar-refractivity contribution is 6.04. The fourth-order valence-electron chi connectivity index (χ4n) is 4.37. The molecule has 1 aromatic carbocycles. The molecule has 1 spiro atoms. The number of hydrogen-bond donors (Lipinski definition) is 2. The number of ether oxygens (including phenoxy) is 1. The summed E-state index contributed by atoms with van der Waals surface area (Å²) < 4.78 is 6.44. The molecule has 0 unspecified atom stereocenters. The molecule has 8 heteroatoms. The van der Waals surface area contributed by atoms with E-state index >= 15 is 0 Å². The molecule has 3 fully saturated rings. The molecule has 3 heterocycles. The number of aliphatic hydroxyl groups is 1. The average molecular weight is 387 g/mol. The number of rotatable bonds is 3. The number of carbonyl (C=O) groups excluding carboxylic acids is 3. The van der Waals surface area contributed by atoms with Crippen molar-refractivity contribution < 1.29 is 24.2 Å². The highest BCUT2D eigenvalue weighted by Gasteiger charge is 2.44. The number of likely N-dealkylation sites (tertiary alicyclic amines) is 1. The van der Waals surface area contributed by atoms with Crippen LogP contribution < -0.4 is 5.32 Å². The average Bonchev–Trinajstić information content (AvgIpc) is 3.00. The van der Waals surface area contributed by atoms with Crippen molar-refractivity contribution in [1.82, 2.24) is 15.1 Å². The zero-order valence-corrected chi connectivity index (χ0v) is 15.7. The Hall–Kier alpha value is -2.45. The molecule has 150 valence electrons. The minimum Gasteiger partial charge on any atom is -0.393 e. The number of piperidine rings is 1. The van der Waals surface area contributed by atoms with E-state index in [1.807, 2.05) is 30.3 Å². The number of urea groups is 1. The van der Waals surface area contributed by atoms with Crippen LogP contribution in [0, 0.1) is 0 Å². The van der Waals surface area contributed by atoms with E-state index in [0.29, 0.717) is 38.8 Å². The third-order valence-electron chi connectivity index (χ3n) is 5.92. The largest absolute Gasteiger partial charge is 0.393 e. The maximum atomic E-state index is 12.5. The number of aliphatic hydroxyl groups excluding tert-OH is 1. The number of nitrogens with one attached hydrogen (secondary N) is 1. The molecule has 4 amide bonds. The van der Waals surface area contributed by atoms with Gasteiger partial charge in [-0.1, -0.05) is 30.3 Å². The fraction of sp³-hybridized carbons (Fsp3) is 0.550. The monoisotopic (exact) mass is 387 g/mol. The second-order valence-electron chi connectivity index (χ2n) is 7.81. The van der Waals surface area contributed by atoms with E-state index in [0.717, 1.165) is 10.5 Å². The first-order valence-electron chi connectivity index (χ1n) is 9.73. The van der Waals surface area contributed by atoms with Crippen LogP contribution in [0.5, 0.6) is 0 Å². The number of amides is 4. The lowest BCUT2D eigenvalue weighted by Gasteiger charge is -2.48. The number of nitrogens with zero attached hydrogens (tertiary/aromatic N) is 2. The van der Waals surface area contributed by atoms with Crippen molar-refractivity contribution in [2.45, 2.75) is 43.5 Å². The Bertz CT molecular complexity index is 744. The van der Waals surface area contributed by atoms with Gasteiger partial charge in [0.1, 0.15) is 6.54 Å². The maximum Gasteiger partial charge on any atom is 0.325 e. The second kappa shape index (κ2) is 7.52. The third-order valence-corrected chi connectivity index (χ3v) is 5.92. The molecule has 4 rings (SSSR count). The summed E-state index contributed by atoms with van der Waals surface area (Å²) in [6.07, 6.45) is 1.79. The van der Waals surface area contributed by atoms with Crippen LogP contribution in [0.25, 0.3) is 0 Å². The summed E-state index contributed by atoms with van der Waals surface area (Å²) in [5.41, 5.74) is 0.605. The van der Waals surface area contributed by atoms with E-state index in [9.17, 15) is 19.5 Å².